The minimum Gasteiger partial charge on any atom is -0.493 e. The van der Waals surface area contributed by atoms with Gasteiger partial charge in [0.15, 0.2) is 0 Å². The summed E-state index contributed by atoms with van der Waals surface area (Å²) in [6.45, 7) is 9.60. The Morgan fingerprint density at radius 1 is 1.18 bits per heavy atom. The van der Waals surface area contributed by atoms with Gasteiger partial charge in [0.05, 0.1) is 12.3 Å². The third-order valence-corrected chi connectivity index (χ3v) is 3.69. The summed E-state index contributed by atoms with van der Waals surface area (Å²) in [6, 6.07) is 6.57. The first kappa shape index (κ1) is 16.5. The summed E-state index contributed by atoms with van der Waals surface area (Å²) < 4.78 is 7.65. The highest BCUT2D eigenvalue weighted by atomic mass is 16.5. The van der Waals surface area contributed by atoms with E-state index in [0.29, 0.717) is 0 Å². The van der Waals surface area contributed by atoms with Crippen LogP contribution in [0.4, 0.5) is 0 Å². The number of hydrogen-bond acceptors (Lipinski definition) is 3. The van der Waals surface area contributed by atoms with E-state index < -0.39 is 0 Å². The summed E-state index contributed by atoms with van der Waals surface area (Å²) in [7, 11) is 1.90. The van der Waals surface area contributed by atoms with Crippen molar-refractivity contribution in [2.24, 2.45) is 7.05 Å². The minimum absolute atomic E-state index is 0.143. The van der Waals surface area contributed by atoms with Gasteiger partial charge in [-0.25, -0.2) is 0 Å². The van der Waals surface area contributed by atoms with Crippen LogP contribution < -0.4 is 4.74 Å². The van der Waals surface area contributed by atoms with Crippen LogP contribution in [0, 0.1) is 0 Å². The monoisotopic (exact) mass is 301 g/mol. The van der Waals surface area contributed by atoms with E-state index in [9.17, 15) is 0 Å². The summed E-state index contributed by atoms with van der Waals surface area (Å²) in [4.78, 5) is 0. The second-order valence-electron chi connectivity index (χ2n) is 6.80. The van der Waals surface area contributed by atoms with Gasteiger partial charge in [-0.3, -0.25) is 4.68 Å². The molecule has 0 saturated heterocycles. The molecule has 4 nitrogen and oxygen atoms in total. The zero-order chi connectivity index (χ0) is 16.2. The zero-order valence-corrected chi connectivity index (χ0v) is 14.4. The van der Waals surface area contributed by atoms with E-state index in [0.717, 1.165) is 37.3 Å². The zero-order valence-electron chi connectivity index (χ0n) is 14.4. The van der Waals surface area contributed by atoms with Crippen LogP contribution in [-0.4, -0.2) is 21.6 Å². The van der Waals surface area contributed by atoms with Gasteiger partial charge in [0, 0.05) is 13.2 Å². The van der Waals surface area contributed by atoms with Gasteiger partial charge in [0.1, 0.15) is 5.75 Å². The van der Waals surface area contributed by atoms with Crippen molar-refractivity contribution >= 4 is 0 Å². The number of ether oxygens (including phenoxy) is 1. The van der Waals surface area contributed by atoms with Gasteiger partial charge in [-0.15, -0.1) is 5.10 Å². The third-order valence-electron chi connectivity index (χ3n) is 3.69. The highest BCUT2D eigenvalue weighted by Crippen LogP contribution is 2.29. The fourth-order valence-corrected chi connectivity index (χ4v) is 2.37. The van der Waals surface area contributed by atoms with E-state index >= 15 is 0 Å². The number of hydrogen-bond donors (Lipinski definition) is 0. The van der Waals surface area contributed by atoms with Crippen molar-refractivity contribution in [3.8, 4) is 5.75 Å². The predicted octanol–water partition coefficient (Wildman–Crippen LogP) is 3.69. The van der Waals surface area contributed by atoms with Crippen LogP contribution in [0.5, 0.6) is 5.75 Å². The molecule has 22 heavy (non-hydrogen) atoms. The average molecular weight is 301 g/mol. The largest absolute Gasteiger partial charge is 0.493 e. The molecule has 0 aliphatic rings. The Morgan fingerprint density at radius 3 is 2.55 bits per heavy atom. The molecule has 0 unspecified atom stereocenters. The fraction of sp³-hybridized carbons (Fsp3) is 0.556. The van der Waals surface area contributed by atoms with Gasteiger partial charge in [0.25, 0.3) is 0 Å². The topological polar surface area (TPSA) is 39.9 Å². The lowest BCUT2D eigenvalue weighted by atomic mass is 9.85. The molecule has 120 valence electrons. The Bertz CT molecular complexity index is 611. The van der Waals surface area contributed by atoms with Crippen LogP contribution >= 0.6 is 0 Å². The van der Waals surface area contributed by atoms with Crippen molar-refractivity contribution in [1.82, 2.24) is 15.0 Å². The molecule has 0 atom stereocenters. The summed E-state index contributed by atoms with van der Waals surface area (Å²) in [5, 5.41) is 8.16. The lowest BCUT2D eigenvalue weighted by Crippen LogP contribution is -2.12. The number of aryl methyl sites for hydroxylation is 3. The van der Waals surface area contributed by atoms with Crippen molar-refractivity contribution in [3.63, 3.8) is 0 Å². The van der Waals surface area contributed by atoms with Gasteiger partial charge >= 0.3 is 0 Å². The second kappa shape index (κ2) is 6.95. The van der Waals surface area contributed by atoms with Crippen molar-refractivity contribution in [2.75, 3.05) is 6.61 Å². The molecule has 1 aromatic heterocycles. The fourth-order valence-electron chi connectivity index (χ4n) is 2.37. The first-order chi connectivity index (χ1) is 10.4. The number of rotatable bonds is 6. The molecule has 1 aromatic carbocycles. The smallest absolute Gasteiger partial charge is 0.122 e. The first-order valence-electron chi connectivity index (χ1n) is 8.01. The molecule has 1 heterocycles. The van der Waals surface area contributed by atoms with E-state index in [2.05, 4.69) is 56.2 Å². The van der Waals surface area contributed by atoms with Crippen molar-refractivity contribution in [3.05, 3.63) is 41.2 Å². The highest BCUT2D eigenvalue weighted by Gasteiger charge is 2.16. The van der Waals surface area contributed by atoms with Crippen molar-refractivity contribution < 1.29 is 4.74 Å². The highest BCUT2D eigenvalue weighted by molar-refractivity contribution is 5.40. The lowest BCUT2D eigenvalue weighted by Gasteiger charge is -2.21. The molecular formula is C18H27N3O. The van der Waals surface area contributed by atoms with Gasteiger partial charge in [-0.1, -0.05) is 45.0 Å². The first-order valence-corrected chi connectivity index (χ1v) is 8.01. The van der Waals surface area contributed by atoms with E-state index in [4.69, 9.17) is 4.74 Å². The van der Waals surface area contributed by atoms with Crippen molar-refractivity contribution in [2.45, 2.75) is 52.4 Å². The summed E-state index contributed by atoms with van der Waals surface area (Å²) in [5.41, 5.74) is 3.76. The second-order valence-corrected chi connectivity index (χ2v) is 6.80. The van der Waals surface area contributed by atoms with E-state index in [-0.39, 0.29) is 5.41 Å². The molecule has 2 aromatic rings. The SMILES string of the molecule is CCCOc1ccc(C(C)(C)C)cc1CCc1cn(C)nn1. The number of nitrogens with zero attached hydrogens (tertiary/aromatic N) is 3. The molecule has 0 aliphatic carbocycles. The molecule has 0 fully saturated rings. The Labute approximate surface area is 133 Å². The van der Waals surface area contributed by atoms with Gasteiger partial charge in [0.2, 0.25) is 0 Å². The molecule has 0 amide bonds. The number of aromatic nitrogens is 3. The molecule has 0 spiro atoms. The standard InChI is InChI=1S/C18H27N3O/c1-6-11-22-17-10-8-15(18(2,3)4)12-14(17)7-9-16-13-21(5)20-19-16/h8,10,12-13H,6-7,9,11H2,1-5H3. The van der Waals surface area contributed by atoms with Gasteiger partial charge in [-0.2, -0.15) is 0 Å². The molecule has 0 bridgehead atoms. The summed E-state index contributed by atoms with van der Waals surface area (Å²) in [5.74, 6) is 0.999. The lowest BCUT2D eigenvalue weighted by molar-refractivity contribution is 0.314. The molecule has 0 N–H and O–H groups in total. The quantitative estimate of drug-likeness (QED) is 0.817. The van der Waals surface area contributed by atoms with E-state index in [1.807, 2.05) is 13.2 Å². The molecule has 4 heteroatoms. The summed E-state index contributed by atoms with van der Waals surface area (Å²) in [6.07, 6.45) is 4.79. The maximum Gasteiger partial charge on any atom is 0.122 e. The van der Waals surface area contributed by atoms with Crippen LogP contribution in [-0.2, 0) is 25.3 Å². The predicted molar refractivity (Wildman–Crippen MR) is 89.3 cm³/mol. The van der Waals surface area contributed by atoms with Gasteiger partial charge < -0.3 is 4.74 Å². The van der Waals surface area contributed by atoms with Crippen LogP contribution in [0.15, 0.2) is 24.4 Å². The van der Waals surface area contributed by atoms with Gasteiger partial charge in [-0.05, 0) is 41.9 Å². The molecule has 0 saturated carbocycles. The Kier molecular flexibility index (Phi) is 5.22. The minimum atomic E-state index is 0.143. The number of benzene rings is 1. The average Bonchev–Trinajstić information content (AvgIpc) is 2.88. The Morgan fingerprint density at radius 2 is 1.95 bits per heavy atom. The maximum atomic E-state index is 5.91. The third kappa shape index (κ3) is 4.33. The van der Waals surface area contributed by atoms with E-state index in [1.165, 1.54) is 11.1 Å². The maximum absolute atomic E-state index is 5.91. The van der Waals surface area contributed by atoms with Crippen molar-refractivity contribution in [1.29, 1.82) is 0 Å². The summed E-state index contributed by atoms with van der Waals surface area (Å²) >= 11 is 0. The molecular weight excluding hydrogens is 274 g/mol. The van der Waals surface area contributed by atoms with Crippen LogP contribution in [0.3, 0.4) is 0 Å². The van der Waals surface area contributed by atoms with Crippen LogP contribution in [0.2, 0.25) is 0 Å². The Balaban J connectivity index is 2.20. The van der Waals surface area contributed by atoms with Crippen LogP contribution in [0.1, 0.15) is 50.9 Å². The van der Waals surface area contributed by atoms with E-state index in [1.54, 1.807) is 4.68 Å². The molecule has 0 radical (unpaired) electrons. The molecule has 2 rings (SSSR count). The van der Waals surface area contributed by atoms with Crippen LogP contribution in [0.25, 0.3) is 0 Å². The molecule has 0 aliphatic heterocycles. The Hall–Kier alpha value is -1.84. The normalized spacial score (nSPS) is 11.7.